The van der Waals surface area contributed by atoms with Crippen LogP contribution in [0.1, 0.15) is 130 Å². The van der Waals surface area contributed by atoms with Crippen LogP contribution in [0.5, 0.6) is 0 Å². The Balaban J connectivity index is -0.00000242. The lowest BCUT2D eigenvalue weighted by Gasteiger charge is -2.18. The first-order chi connectivity index (χ1) is 11.1. The molecule has 0 atom stereocenters. The molecule has 0 saturated heterocycles. The van der Waals surface area contributed by atoms with Gasteiger partial charge in [-0.25, -0.2) is 0 Å². The van der Waals surface area contributed by atoms with Gasteiger partial charge >= 0.3 is 0 Å². The maximum Gasteiger partial charge on any atom is -0.0178 e. The van der Waals surface area contributed by atoms with Crippen molar-refractivity contribution in [3.8, 4) is 0 Å². The number of unbranched alkanes of at least 4 members (excludes halogenated alkanes) is 15. The van der Waals surface area contributed by atoms with Gasteiger partial charge in [0, 0.05) is 0 Å². The van der Waals surface area contributed by atoms with Crippen LogP contribution in [-0.2, 0) is 0 Å². The molecule has 0 fully saturated rings. The first kappa shape index (κ1) is 29.7. The SMILES string of the molecule is C=CC(C)(C)CCCCCCCCCCCCCCCCCC.Cl.N. The highest BCUT2D eigenvalue weighted by Gasteiger charge is 2.11. The Bertz CT molecular complexity index is 250. The monoisotopic (exact) mass is 375 g/mol. The zero-order chi connectivity index (χ0) is 17.2. The van der Waals surface area contributed by atoms with E-state index in [0.29, 0.717) is 5.41 Å². The van der Waals surface area contributed by atoms with E-state index in [1.165, 1.54) is 109 Å². The van der Waals surface area contributed by atoms with E-state index >= 15 is 0 Å². The van der Waals surface area contributed by atoms with Crippen LogP contribution in [0.4, 0.5) is 0 Å². The second-order valence-corrected chi connectivity index (χ2v) is 8.25. The molecule has 0 radical (unpaired) electrons. The van der Waals surface area contributed by atoms with Crippen molar-refractivity contribution >= 4 is 12.4 Å². The predicted molar refractivity (Wildman–Crippen MR) is 120 cm³/mol. The summed E-state index contributed by atoms with van der Waals surface area (Å²) in [5.41, 5.74) is 0.343. The molecule has 0 unspecified atom stereocenters. The van der Waals surface area contributed by atoms with E-state index in [1.54, 1.807) is 0 Å². The Labute approximate surface area is 166 Å². The van der Waals surface area contributed by atoms with Gasteiger partial charge in [0.05, 0.1) is 0 Å². The molecule has 0 aliphatic heterocycles. The van der Waals surface area contributed by atoms with Crippen LogP contribution in [0.2, 0.25) is 0 Å². The highest BCUT2D eigenvalue weighted by molar-refractivity contribution is 5.85. The molecule has 0 spiro atoms. The highest BCUT2D eigenvalue weighted by atomic mass is 35.5. The van der Waals surface area contributed by atoms with Crippen molar-refractivity contribution in [3.63, 3.8) is 0 Å². The van der Waals surface area contributed by atoms with E-state index in [2.05, 4.69) is 33.4 Å². The fourth-order valence-corrected chi connectivity index (χ4v) is 3.23. The van der Waals surface area contributed by atoms with E-state index in [9.17, 15) is 0 Å². The molecule has 0 aliphatic rings. The van der Waals surface area contributed by atoms with Crippen molar-refractivity contribution in [1.29, 1.82) is 0 Å². The molecule has 0 aliphatic carbocycles. The van der Waals surface area contributed by atoms with Gasteiger partial charge in [0.15, 0.2) is 0 Å². The van der Waals surface area contributed by atoms with Gasteiger partial charge in [-0.2, -0.15) is 0 Å². The fraction of sp³-hybridized carbons (Fsp3) is 0.913. The second kappa shape index (κ2) is 22.0. The van der Waals surface area contributed by atoms with E-state index in [0.717, 1.165) is 0 Å². The lowest BCUT2D eigenvalue weighted by molar-refractivity contribution is 0.407. The van der Waals surface area contributed by atoms with E-state index < -0.39 is 0 Å². The molecule has 0 rings (SSSR count). The molecule has 154 valence electrons. The molecule has 2 heteroatoms. The Morgan fingerprint density at radius 2 is 0.880 bits per heavy atom. The van der Waals surface area contributed by atoms with Crippen LogP contribution in [-0.4, -0.2) is 0 Å². The van der Waals surface area contributed by atoms with Gasteiger partial charge in [-0.1, -0.05) is 130 Å². The van der Waals surface area contributed by atoms with Crippen LogP contribution >= 0.6 is 12.4 Å². The Morgan fingerprint density at radius 1 is 0.600 bits per heavy atom. The lowest BCUT2D eigenvalue weighted by Crippen LogP contribution is -2.05. The number of hydrogen-bond donors (Lipinski definition) is 1. The third-order valence-electron chi connectivity index (χ3n) is 5.23. The Morgan fingerprint density at radius 3 is 1.16 bits per heavy atom. The maximum absolute atomic E-state index is 3.92. The van der Waals surface area contributed by atoms with Gasteiger partial charge in [-0.15, -0.1) is 19.0 Å². The van der Waals surface area contributed by atoms with Gasteiger partial charge in [-0.05, 0) is 11.8 Å². The van der Waals surface area contributed by atoms with Crippen LogP contribution < -0.4 is 6.15 Å². The smallest absolute Gasteiger partial charge is 0.0178 e. The zero-order valence-electron chi connectivity index (χ0n) is 17.9. The van der Waals surface area contributed by atoms with Gasteiger partial charge in [-0.3, -0.25) is 0 Å². The summed E-state index contributed by atoms with van der Waals surface area (Å²) in [7, 11) is 0. The average Bonchev–Trinajstić information content (AvgIpc) is 2.54. The third-order valence-corrected chi connectivity index (χ3v) is 5.23. The standard InChI is InChI=1S/C23H46.ClH.H3N/c1-5-7-8-9-10-11-12-13-14-15-16-17-18-19-20-21-22-23(3,4)6-2;;/h6H,2,5,7-22H2,1,3-4H3;1H;1H3. The molecular weight excluding hydrogens is 326 g/mol. The minimum absolute atomic E-state index is 0. The average molecular weight is 376 g/mol. The molecule has 3 N–H and O–H groups in total. The normalized spacial score (nSPS) is 10.8. The zero-order valence-corrected chi connectivity index (χ0v) is 18.7. The Kier molecular flexibility index (Phi) is 26.2. The van der Waals surface area contributed by atoms with Gasteiger partial charge in [0.2, 0.25) is 0 Å². The number of allylic oxidation sites excluding steroid dienone is 1. The van der Waals surface area contributed by atoms with E-state index in [1.807, 2.05) is 0 Å². The minimum Gasteiger partial charge on any atom is -0.344 e. The molecule has 25 heavy (non-hydrogen) atoms. The van der Waals surface area contributed by atoms with Gasteiger partial charge in [0.25, 0.3) is 0 Å². The lowest BCUT2D eigenvalue weighted by atomic mass is 9.87. The second-order valence-electron chi connectivity index (χ2n) is 8.25. The molecule has 0 aromatic carbocycles. The minimum atomic E-state index is 0. The van der Waals surface area contributed by atoms with Crippen LogP contribution in [0.3, 0.4) is 0 Å². The first-order valence-electron chi connectivity index (χ1n) is 10.8. The van der Waals surface area contributed by atoms with Crippen molar-refractivity contribution in [3.05, 3.63) is 12.7 Å². The molecule has 0 aromatic heterocycles. The summed E-state index contributed by atoms with van der Waals surface area (Å²) in [6, 6.07) is 0. The van der Waals surface area contributed by atoms with Crippen molar-refractivity contribution in [2.75, 3.05) is 0 Å². The number of rotatable bonds is 18. The van der Waals surface area contributed by atoms with Gasteiger partial charge < -0.3 is 6.15 Å². The molecule has 0 heterocycles. The largest absolute Gasteiger partial charge is 0.344 e. The highest BCUT2D eigenvalue weighted by Crippen LogP contribution is 2.24. The topological polar surface area (TPSA) is 35.0 Å². The molecular formula is C23H50ClN. The van der Waals surface area contributed by atoms with E-state index in [4.69, 9.17) is 0 Å². The molecule has 0 bridgehead atoms. The quantitative estimate of drug-likeness (QED) is 0.188. The summed E-state index contributed by atoms with van der Waals surface area (Å²) in [4.78, 5) is 0. The van der Waals surface area contributed by atoms with Crippen LogP contribution in [0.15, 0.2) is 12.7 Å². The van der Waals surface area contributed by atoms with Gasteiger partial charge in [0.1, 0.15) is 0 Å². The first-order valence-corrected chi connectivity index (χ1v) is 10.8. The third kappa shape index (κ3) is 24.0. The number of halogens is 1. The Hall–Kier alpha value is -0.0100. The molecule has 0 amide bonds. The van der Waals surface area contributed by atoms with Crippen LogP contribution in [0, 0.1) is 5.41 Å². The number of hydrogen-bond acceptors (Lipinski definition) is 1. The maximum atomic E-state index is 3.92. The molecule has 0 saturated carbocycles. The van der Waals surface area contributed by atoms with Crippen molar-refractivity contribution in [2.45, 2.75) is 130 Å². The van der Waals surface area contributed by atoms with Crippen molar-refractivity contribution < 1.29 is 0 Å². The fourth-order valence-electron chi connectivity index (χ4n) is 3.23. The summed E-state index contributed by atoms with van der Waals surface area (Å²) in [6.07, 6.45) is 26.6. The summed E-state index contributed by atoms with van der Waals surface area (Å²) >= 11 is 0. The molecule has 0 aromatic rings. The van der Waals surface area contributed by atoms with Crippen molar-refractivity contribution in [2.24, 2.45) is 5.41 Å². The molecule has 1 nitrogen and oxygen atoms in total. The summed E-state index contributed by atoms with van der Waals surface area (Å²) < 4.78 is 0. The van der Waals surface area contributed by atoms with Crippen LogP contribution in [0.25, 0.3) is 0 Å². The summed E-state index contributed by atoms with van der Waals surface area (Å²) in [5.74, 6) is 0. The summed E-state index contributed by atoms with van der Waals surface area (Å²) in [6.45, 7) is 10.8. The van der Waals surface area contributed by atoms with Crippen molar-refractivity contribution in [1.82, 2.24) is 6.15 Å². The summed E-state index contributed by atoms with van der Waals surface area (Å²) in [5, 5.41) is 0. The van der Waals surface area contributed by atoms with E-state index in [-0.39, 0.29) is 18.6 Å². The predicted octanol–water partition coefficient (Wildman–Crippen LogP) is 9.43.